The molecule has 0 heterocycles. The second-order valence-corrected chi connectivity index (χ2v) is 4.58. The molecule has 0 aromatic heterocycles. The lowest BCUT2D eigenvalue weighted by atomic mass is 9.91. The average molecular weight is 152 g/mol. The Balaban J connectivity index is 2.25. The molecule has 1 saturated carbocycles. The summed E-state index contributed by atoms with van der Waals surface area (Å²) >= 11 is 0. The standard InChI is InChI=1S/C10H16O/c1-7(2)10-5-4-9(3,11)8(10)6-10/h4-5,7-8,11H,6H2,1-3H3/t8-,9-,10-/m1/s1. The first-order valence-electron chi connectivity index (χ1n) is 4.42. The number of fused-ring (bicyclic) bond motifs is 1. The largest absolute Gasteiger partial charge is 0.386 e. The van der Waals surface area contributed by atoms with E-state index in [1.807, 2.05) is 13.0 Å². The van der Waals surface area contributed by atoms with Gasteiger partial charge in [-0.15, -0.1) is 0 Å². The van der Waals surface area contributed by atoms with Gasteiger partial charge < -0.3 is 5.11 Å². The second kappa shape index (κ2) is 1.71. The maximum Gasteiger partial charge on any atom is 0.0836 e. The monoisotopic (exact) mass is 152 g/mol. The molecule has 2 rings (SSSR count). The smallest absolute Gasteiger partial charge is 0.0836 e. The van der Waals surface area contributed by atoms with Crippen molar-refractivity contribution in [2.24, 2.45) is 17.3 Å². The third kappa shape index (κ3) is 0.750. The van der Waals surface area contributed by atoms with Crippen LogP contribution in [0.3, 0.4) is 0 Å². The number of hydrogen-bond acceptors (Lipinski definition) is 1. The van der Waals surface area contributed by atoms with Gasteiger partial charge in [0, 0.05) is 5.92 Å². The Labute approximate surface area is 68.1 Å². The molecule has 0 radical (unpaired) electrons. The molecule has 3 atom stereocenters. The van der Waals surface area contributed by atoms with E-state index in [9.17, 15) is 5.11 Å². The first-order chi connectivity index (χ1) is 4.99. The molecule has 0 bridgehead atoms. The molecular weight excluding hydrogens is 136 g/mol. The van der Waals surface area contributed by atoms with Crippen molar-refractivity contribution in [3.05, 3.63) is 12.2 Å². The van der Waals surface area contributed by atoms with E-state index < -0.39 is 5.60 Å². The molecule has 1 heteroatoms. The number of rotatable bonds is 1. The third-order valence-electron chi connectivity index (χ3n) is 3.56. The van der Waals surface area contributed by atoms with Crippen LogP contribution in [0.4, 0.5) is 0 Å². The van der Waals surface area contributed by atoms with Crippen LogP contribution in [0.1, 0.15) is 27.2 Å². The molecule has 0 amide bonds. The maximum atomic E-state index is 9.83. The molecule has 2 aliphatic carbocycles. The molecule has 0 aromatic rings. The zero-order valence-electron chi connectivity index (χ0n) is 7.46. The van der Waals surface area contributed by atoms with Gasteiger partial charge in [0.2, 0.25) is 0 Å². The molecule has 0 saturated heterocycles. The molecule has 1 N–H and O–H groups in total. The predicted octanol–water partition coefficient (Wildman–Crippen LogP) is 1.97. The SMILES string of the molecule is CC(C)[C@]12C=C[C@@](C)(O)[C@H]1C2. The fourth-order valence-corrected chi connectivity index (χ4v) is 2.50. The molecule has 0 aliphatic heterocycles. The van der Waals surface area contributed by atoms with Crippen LogP contribution < -0.4 is 0 Å². The highest BCUT2D eigenvalue weighted by Crippen LogP contribution is 2.67. The van der Waals surface area contributed by atoms with Gasteiger partial charge >= 0.3 is 0 Å². The Morgan fingerprint density at radius 2 is 2.09 bits per heavy atom. The van der Waals surface area contributed by atoms with Crippen molar-refractivity contribution >= 4 is 0 Å². The Morgan fingerprint density at radius 3 is 2.27 bits per heavy atom. The summed E-state index contributed by atoms with van der Waals surface area (Å²) in [5.41, 5.74) is -0.145. The number of allylic oxidation sites excluding steroid dienone is 1. The van der Waals surface area contributed by atoms with Crippen molar-refractivity contribution < 1.29 is 5.11 Å². The van der Waals surface area contributed by atoms with Gasteiger partial charge in [0.15, 0.2) is 0 Å². The Hall–Kier alpha value is -0.300. The molecule has 62 valence electrons. The number of aliphatic hydroxyl groups is 1. The minimum absolute atomic E-state index is 0.365. The van der Waals surface area contributed by atoms with Crippen LogP contribution in [-0.4, -0.2) is 10.7 Å². The zero-order chi connectivity index (χ0) is 8.28. The van der Waals surface area contributed by atoms with E-state index in [2.05, 4.69) is 19.9 Å². The van der Waals surface area contributed by atoms with E-state index in [0.717, 1.165) is 0 Å². The van der Waals surface area contributed by atoms with Crippen molar-refractivity contribution in [2.45, 2.75) is 32.8 Å². The van der Waals surface area contributed by atoms with E-state index in [-0.39, 0.29) is 0 Å². The molecule has 1 nitrogen and oxygen atoms in total. The van der Waals surface area contributed by atoms with Gasteiger partial charge in [-0.3, -0.25) is 0 Å². The first kappa shape index (κ1) is 7.35. The van der Waals surface area contributed by atoms with E-state index in [4.69, 9.17) is 0 Å². The van der Waals surface area contributed by atoms with Crippen molar-refractivity contribution in [3.8, 4) is 0 Å². The highest BCUT2D eigenvalue weighted by molar-refractivity contribution is 5.32. The van der Waals surface area contributed by atoms with Gasteiger partial charge in [-0.1, -0.05) is 26.0 Å². The minimum atomic E-state index is -0.510. The van der Waals surface area contributed by atoms with Gasteiger partial charge in [-0.25, -0.2) is 0 Å². The summed E-state index contributed by atoms with van der Waals surface area (Å²) in [6.45, 7) is 6.41. The van der Waals surface area contributed by atoms with Crippen molar-refractivity contribution in [2.75, 3.05) is 0 Å². The highest BCUT2D eigenvalue weighted by Gasteiger charge is 2.64. The summed E-state index contributed by atoms with van der Waals surface area (Å²) in [7, 11) is 0. The van der Waals surface area contributed by atoms with Crippen molar-refractivity contribution in [1.29, 1.82) is 0 Å². The van der Waals surface area contributed by atoms with E-state index in [0.29, 0.717) is 17.3 Å². The molecule has 0 aromatic carbocycles. The lowest BCUT2D eigenvalue weighted by molar-refractivity contribution is 0.0818. The van der Waals surface area contributed by atoms with Crippen LogP contribution in [0.25, 0.3) is 0 Å². The minimum Gasteiger partial charge on any atom is -0.386 e. The van der Waals surface area contributed by atoms with Crippen molar-refractivity contribution in [1.82, 2.24) is 0 Å². The topological polar surface area (TPSA) is 20.2 Å². The van der Waals surface area contributed by atoms with Crippen LogP contribution in [-0.2, 0) is 0 Å². The Kier molecular flexibility index (Phi) is 1.15. The summed E-state index contributed by atoms with van der Waals surface area (Å²) in [4.78, 5) is 0. The fraction of sp³-hybridized carbons (Fsp3) is 0.800. The molecule has 0 unspecified atom stereocenters. The van der Waals surface area contributed by atoms with Crippen LogP contribution in [0.5, 0.6) is 0 Å². The third-order valence-corrected chi connectivity index (χ3v) is 3.56. The molecule has 0 spiro atoms. The second-order valence-electron chi connectivity index (χ2n) is 4.58. The van der Waals surface area contributed by atoms with Gasteiger partial charge in [-0.05, 0) is 24.7 Å². The fourth-order valence-electron chi connectivity index (χ4n) is 2.50. The Morgan fingerprint density at radius 1 is 1.45 bits per heavy atom. The lowest BCUT2D eigenvalue weighted by Crippen LogP contribution is -2.23. The summed E-state index contributed by atoms with van der Waals surface area (Å²) in [5, 5.41) is 9.83. The quantitative estimate of drug-likeness (QED) is 0.569. The summed E-state index contributed by atoms with van der Waals surface area (Å²) in [5.74, 6) is 1.19. The van der Waals surface area contributed by atoms with Gasteiger partial charge in [0.25, 0.3) is 0 Å². The average Bonchev–Trinajstić information content (AvgIpc) is 2.54. The lowest BCUT2D eigenvalue weighted by Gasteiger charge is -2.17. The molecular formula is C10H16O. The zero-order valence-corrected chi connectivity index (χ0v) is 7.46. The number of hydrogen-bond donors (Lipinski definition) is 1. The molecule has 11 heavy (non-hydrogen) atoms. The van der Waals surface area contributed by atoms with Gasteiger partial charge in [0.1, 0.15) is 0 Å². The van der Waals surface area contributed by atoms with Crippen LogP contribution >= 0.6 is 0 Å². The van der Waals surface area contributed by atoms with Gasteiger partial charge in [0.05, 0.1) is 5.60 Å². The van der Waals surface area contributed by atoms with Crippen LogP contribution in [0.2, 0.25) is 0 Å². The Bertz CT molecular complexity index is 215. The molecule has 2 aliphatic rings. The van der Waals surface area contributed by atoms with E-state index >= 15 is 0 Å². The highest BCUT2D eigenvalue weighted by atomic mass is 16.3. The van der Waals surface area contributed by atoms with Crippen molar-refractivity contribution in [3.63, 3.8) is 0 Å². The van der Waals surface area contributed by atoms with E-state index in [1.165, 1.54) is 6.42 Å². The first-order valence-corrected chi connectivity index (χ1v) is 4.42. The normalized spacial score (nSPS) is 53.4. The van der Waals surface area contributed by atoms with Crippen LogP contribution in [0.15, 0.2) is 12.2 Å². The van der Waals surface area contributed by atoms with Crippen LogP contribution in [0, 0.1) is 17.3 Å². The van der Waals surface area contributed by atoms with E-state index in [1.54, 1.807) is 0 Å². The predicted molar refractivity (Wildman–Crippen MR) is 45.1 cm³/mol. The van der Waals surface area contributed by atoms with Gasteiger partial charge in [-0.2, -0.15) is 0 Å². The molecule has 1 fully saturated rings. The summed E-state index contributed by atoms with van der Waals surface area (Å²) < 4.78 is 0. The maximum absolute atomic E-state index is 9.83. The summed E-state index contributed by atoms with van der Waals surface area (Å²) in [6.07, 6.45) is 5.39. The summed E-state index contributed by atoms with van der Waals surface area (Å²) in [6, 6.07) is 0.